The molecule has 114 valence electrons. The summed E-state index contributed by atoms with van der Waals surface area (Å²) in [6.07, 6.45) is 0.679. The first-order valence-corrected chi connectivity index (χ1v) is 8.69. The summed E-state index contributed by atoms with van der Waals surface area (Å²) in [4.78, 5) is 1.25. The van der Waals surface area contributed by atoms with Crippen LogP contribution in [-0.4, -0.2) is 33.4 Å². The molecule has 0 spiro atoms. The number of thiophene rings is 1. The standard InChI is InChI=1S/C14H18N2O3S2/c1-16(8-7-12-4-3-9-20-12)21(17,18)14-10-11(15)5-6-13(14)19-2/h3-6,9-10H,7-8,15H2,1-2H3. The van der Waals surface area contributed by atoms with Crippen LogP contribution in [-0.2, 0) is 16.4 Å². The van der Waals surface area contributed by atoms with Crippen molar-refractivity contribution in [2.45, 2.75) is 11.3 Å². The zero-order chi connectivity index (χ0) is 15.5. The van der Waals surface area contributed by atoms with E-state index in [1.165, 1.54) is 17.5 Å². The fourth-order valence-electron chi connectivity index (χ4n) is 1.91. The molecule has 0 atom stereocenters. The third kappa shape index (κ3) is 3.55. The number of nitrogens with two attached hydrogens (primary N) is 1. The van der Waals surface area contributed by atoms with Crippen molar-refractivity contribution >= 4 is 27.0 Å². The smallest absolute Gasteiger partial charge is 0.246 e. The van der Waals surface area contributed by atoms with E-state index in [2.05, 4.69) is 0 Å². The average molecular weight is 326 g/mol. The third-order valence-electron chi connectivity index (χ3n) is 3.13. The van der Waals surface area contributed by atoms with E-state index in [9.17, 15) is 8.42 Å². The predicted octanol–water partition coefficient (Wildman–Crippen LogP) is 2.20. The van der Waals surface area contributed by atoms with Crippen LogP contribution in [0.2, 0.25) is 0 Å². The summed E-state index contributed by atoms with van der Waals surface area (Å²) in [5.41, 5.74) is 6.08. The van der Waals surface area contributed by atoms with Gasteiger partial charge in [0.2, 0.25) is 10.0 Å². The minimum absolute atomic E-state index is 0.0960. The van der Waals surface area contributed by atoms with E-state index in [1.807, 2.05) is 17.5 Å². The fourth-order valence-corrected chi connectivity index (χ4v) is 3.96. The third-order valence-corrected chi connectivity index (χ3v) is 5.94. The SMILES string of the molecule is COc1ccc(N)cc1S(=O)(=O)N(C)CCc1cccs1. The van der Waals surface area contributed by atoms with Gasteiger partial charge in [0.05, 0.1) is 7.11 Å². The minimum Gasteiger partial charge on any atom is -0.495 e. The van der Waals surface area contributed by atoms with Crippen molar-refractivity contribution in [3.05, 3.63) is 40.6 Å². The van der Waals surface area contributed by atoms with Gasteiger partial charge in [0, 0.05) is 24.2 Å². The highest BCUT2D eigenvalue weighted by Gasteiger charge is 2.24. The second-order valence-electron chi connectivity index (χ2n) is 4.57. The highest BCUT2D eigenvalue weighted by Crippen LogP contribution is 2.28. The van der Waals surface area contributed by atoms with Gasteiger partial charge in [-0.1, -0.05) is 6.07 Å². The van der Waals surface area contributed by atoms with Gasteiger partial charge in [0.15, 0.2) is 0 Å². The quantitative estimate of drug-likeness (QED) is 0.826. The van der Waals surface area contributed by atoms with Crippen molar-refractivity contribution in [3.8, 4) is 5.75 Å². The zero-order valence-corrected chi connectivity index (χ0v) is 13.6. The second-order valence-corrected chi connectivity index (χ2v) is 7.61. The molecule has 0 amide bonds. The highest BCUT2D eigenvalue weighted by atomic mass is 32.2. The lowest BCUT2D eigenvalue weighted by Gasteiger charge is -2.18. The maximum atomic E-state index is 12.6. The first-order chi connectivity index (χ1) is 9.95. The largest absolute Gasteiger partial charge is 0.495 e. The molecule has 1 aromatic heterocycles. The molecule has 0 aliphatic heterocycles. The molecule has 0 saturated heterocycles. The number of anilines is 1. The second kappa shape index (κ2) is 6.46. The molecule has 5 nitrogen and oxygen atoms in total. The normalized spacial score (nSPS) is 11.8. The molecule has 21 heavy (non-hydrogen) atoms. The van der Waals surface area contributed by atoms with Crippen molar-refractivity contribution in [3.63, 3.8) is 0 Å². The molecule has 0 radical (unpaired) electrons. The Hall–Kier alpha value is -1.57. The van der Waals surface area contributed by atoms with Gasteiger partial charge in [-0.05, 0) is 36.1 Å². The maximum absolute atomic E-state index is 12.6. The van der Waals surface area contributed by atoms with E-state index in [0.717, 1.165) is 4.88 Å². The van der Waals surface area contributed by atoms with Crippen LogP contribution in [0.4, 0.5) is 5.69 Å². The summed E-state index contributed by atoms with van der Waals surface area (Å²) < 4.78 is 31.7. The molecule has 2 rings (SSSR count). The first kappa shape index (κ1) is 15.8. The molecule has 7 heteroatoms. The van der Waals surface area contributed by atoms with E-state index in [1.54, 1.807) is 30.5 Å². The topological polar surface area (TPSA) is 72.6 Å². The van der Waals surface area contributed by atoms with E-state index in [4.69, 9.17) is 10.5 Å². The van der Waals surface area contributed by atoms with Crippen LogP contribution >= 0.6 is 11.3 Å². The van der Waals surface area contributed by atoms with Gasteiger partial charge in [-0.25, -0.2) is 12.7 Å². The molecule has 0 aliphatic rings. The molecular formula is C14H18N2O3S2. The van der Waals surface area contributed by atoms with Gasteiger partial charge < -0.3 is 10.5 Å². The number of ether oxygens (including phenoxy) is 1. The summed E-state index contributed by atoms with van der Waals surface area (Å²) >= 11 is 1.62. The summed E-state index contributed by atoms with van der Waals surface area (Å²) in [5.74, 6) is 0.298. The number of benzene rings is 1. The average Bonchev–Trinajstić information content (AvgIpc) is 2.97. The van der Waals surface area contributed by atoms with E-state index >= 15 is 0 Å². The molecule has 0 fully saturated rings. The van der Waals surface area contributed by atoms with Crippen LogP contribution in [0.5, 0.6) is 5.75 Å². The highest BCUT2D eigenvalue weighted by molar-refractivity contribution is 7.89. The maximum Gasteiger partial charge on any atom is 0.246 e. The number of nitrogen functional groups attached to an aromatic ring is 1. The number of sulfonamides is 1. The molecule has 0 saturated carbocycles. The number of methoxy groups -OCH3 is 1. The Kier molecular flexibility index (Phi) is 4.87. The van der Waals surface area contributed by atoms with Gasteiger partial charge in [-0.3, -0.25) is 0 Å². The van der Waals surface area contributed by atoms with Gasteiger partial charge in [-0.15, -0.1) is 11.3 Å². The lowest BCUT2D eigenvalue weighted by Crippen LogP contribution is -2.29. The molecule has 0 unspecified atom stereocenters. The van der Waals surface area contributed by atoms with E-state index in [0.29, 0.717) is 24.4 Å². The van der Waals surface area contributed by atoms with Crippen molar-refractivity contribution < 1.29 is 13.2 Å². The van der Waals surface area contributed by atoms with Crippen LogP contribution < -0.4 is 10.5 Å². The van der Waals surface area contributed by atoms with Gasteiger partial charge in [0.1, 0.15) is 10.6 Å². The van der Waals surface area contributed by atoms with Gasteiger partial charge in [0.25, 0.3) is 0 Å². The van der Waals surface area contributed by atoms with Crippen LogP contribution in [0.15, 0.2) is 40.6 Å². The Morgan fingerprint density at radius 1 is 1.33 bits per heavy atom. The lowest BCUT2D eigenvalue weighted by atomic mass is 10.3. The molecule has 2 N–H and O–H groups in total. The Bertz CT molecular complexity index is 697. The van der Waals surface area contributed by atoms with Gasteiger partial charge in [-0.2, -0.15) is 0 Å². The van der Waals surface area contributed by atoms with Crippen LogP contribution in [0.1, 0.15) is 4.88 Å². The number of hydrogen-bond acceptors (Lipinski definition) is 5. The zero-order valence-electron chi connectivity index (χ0n) is 11.9. The van der Waals surface area contributed by atoms with Crippen molar-refractivity contribution in [1.82, 2.24) is 4.31 Å². The number of nitrogens with zero attached hydrogens (tertiary/aromatic N) is 1. The number of hydrogen-bond donors (Lipinski definition) is 1. The molecular weight excluding hydrogens is 308 g/mol. The Balaban J connectivity index is 2.22. The van der Waals surface area contributed by atoms with Gasteiger partial charge >= 0.3 is 0 Å². The summed E-state index contributed by atoms with van der Waals surface area (Å²) in [6.45, 7) is 0.404. The van der Waals surface area contributed by atoms with Crippen LogP contribution in [0.3, 0.4) is 0 Å². The van der Waals surface area contributed by atoms with E-state index in [-0.39, 0.29) is 4.90 Å². The number of likely N-dealkylation sites (N-methyl/N-ethyl adjacent to an activating group) is 1. The predicted molar refractivity (Wildman–Crippen MR) is 85.2 cm³/mol. The van der Waals surface area contributed by atoms with E-state index < -0.39 is 10.0 Å². The summed E-state index contributed by atoms with van der Waals surface area (Å²) in [7, 11) is -0.623. The Labute approximate surface area is 129 Å². The molecule has 0 bridgehead atoms. The van der Waals surface area contributed by atoms with Crippen LogP contribution in [0, 0.1) is 0 Å². The molecule has 1 heterocycles. The van der Waals surface area contributed by atoms with Crippen molar-refractivity contribution in [1.29, 1.82) is 0 Å². The first-order valence-electron chi connectivity index (χ1n) is 6.37. The Morgan fingerprint density at radius 3 is 2.71 bits per heavy atom. The summed E-state index contributed by atoms with van der Waals surface area (Å²) in [5, 5.41) is 1.98. The Morgan fingerprint density at radius 2 is 2.10 bits per heavy atom. The summed E-state index contributed by atoms with van der Waals surface area (Å²) in [6, 6.07) is 8.55. The molecule has 1 aromatic carbocycles. The fraction of sp³-hybridized carbons (Fsp3) is 0.286. The van der Waals surface area contributed by atoms with Crippen molar-refractivity contribution in [2.24, 2.45) is 0 Å². The van der Waals surface area contributed by atoms with Crippen molar-refractivity contribution in [2.75, 3.05) is 26.4 Å². The molecule has 2 aromatic rings. The molecule has 0 aliphatic carbocycles. The lowest BCUT2D eigenvalue weighted by molar-refractivity contribution is 0.398. The minimum atomic E-state index is -3.62. The number of rotatable bonds is 6. The van der Waals surface area contributed by atoms with Crippen LogP contribution in [0.25, 0.3) is 0 Å². The monoisotopic (exact) mass is 326 g/mol.